The highest BCUT2D eigenvalue weighted by Crippen LogP contribution is 2.27. The molecule has 7 heteroatoms. The summed E-state index contributed by atoms with van der Waals surface area (Å²) in [5, 5.41) is 0.246. The Balaban J connectivity index is 1.77. The van der Waals surface area contributed by atoms with Crippen LogP contribution in [0.1, 0.15) is 29.6 Å². The highest BCUT2D eigenvalue weighted by molar-refractivity contribution is 7.99. The van der Waals surface area contributed by atoms with E-state index in [1.807, 2.05) is 4.90 Å². The monoisotopic (exact) mass is 356 g/mol. The number of amides is 2. The van der Waals surface area contributed by atoms with Crippen molar-refractivity contribution in [2.75, 3.05) is 24.7 Å². The zero-order valence-corrected chi connectivity index (χ0v) is 14.2. The van der Waals surface area contributed by atoms with E-state index in [0.717, 1.165) is 38.4 Å². The third-order valence-electron chi connectivity index (χ3n) is 4.26. The van der Waals surface area contributed by atoms with E-state index in [2.05, 4.69) is 0 Å². The maximum atomic E-state index is 14.0. The van der Waals surface area contributed by atoms with Gasteiger partial charge in [-0.2, -0.15) is 0 Å². The maximum Gasteiger partial charge on any atom is 0.258 e. The third-order valence-corrected chi connectivity index (χ3v) is 5.50. The molecular formula is C16H18ClFN2O2S. The van der Waals surface area contributed by atoms with Crippen molar-refractivity contribution in [3.63, 3.8) is 0 Å². The summed E-state index contributed by atoms with van der Waals surface area (Å²) >= 11 is 7.26. The number of benzene rings is 1. The maximum absolute atomic E-state index is 14.0. The number of hydrogen-bond donors (Lipinski definition) is 0. The van der Waals surface area contributed by atoms with Gasteiger partial charge in [0.25, 0.3) is 5.91 Å². The summed E-state index contributed by atoms with van der Waals surface area (Å²) in [6.07, 6.45) is 3.15. The standard InChI is InChI=1S/C16H18ClFN2O2S/c17-11-4-5-12(13(18)8-11)15(21)20-10-23-9-14(20)16(22)19-6-2-1-3-7-19/h4-5,8,14H,1-3,6-7,9-10H2/t14-/m1/s1. The second-order valence-electron chi connectivity index (χ2n) is 5.80. The molecule has 1 aromatic rings. The smallest absolute Gasteiger partial charge is 0.258 e. The first-order valence-electron chi connectivity index (χ1n) is 7.70. The van der Waals surface area contributed by atoms with Gasteiger partial charge < -0.3 is 9.80 Å². The summed E-state index contributed by atoms with van der Waals surface area (Å²) < 4.78 is 14.0. The molecule has 23 heavy (non-hydrogen) atoms. The largest absolute Gasteiger partial charge is 0.341 e. The fourth-order valence-electron chi connectivity index (χ4n) is 2.99. The number of carbonyl (C=O) groups is 2. The van der Waals surface area contributed by atoms with Gasteiger partial charge in [-0.25, -0.2) is 4.39 Å². The molecule has 3 rings (SSSR count). The van der Waals surface area contributed by atoms with E-state index in [1.54, 1.807) is 0 Å². The van der Waals surface area contributed by atoms with Gasteiger partial charge in [-0.1, -0.05) is 11.6 Å². The highest BCUT2D eigenvalue weighted by atomic mass is 35.5. The van der Waals surface area contributed by atoms with E-state index in [0.29, 0.717) is 11.6 Å². The van der Waals surface area contributed by atoms with E-state index in [4.69, 9.17) is 11.6 Å². The minimum Gasteiger partial charge on any atom is -0.341 e. The molecule has 0 spiro atoms. The molecule has 0 saturated carbocycles. The van der Waals surface area contributed by atoms with E-state index < -0.39 is 17.8 Å². The van der Waals surface area contributed by atoms with Gasteiger partial charge in [0.2, 0.25) is 5.91 Å². The Morgan fingerprint density at radius 3 is 2.65 bits per heavy atom. The first-order valence-corrected chi connectivity index (χ1v) is 9.24. The normalized spacial score (nSPS) is 21.6. The molecule has 2 saturated heterocycles. The first-order chi connectivity index (χ1) is 11.1. The van der Waals surface area contributed by atoms with Gasteiger partial charge in [-0.15, -0.1) is 11.8 Å². The summed E-state index contributed by atoms with van der Waals surface area (Å²) in [6, 6.07) is 3.49. The number of rotatable bonds is 2. The molecule has 0 unspecified atom stereocenters. The van der Waals surface area contributed by atoms with Crippen LogP contribution in [0.5, 0.6) is 0 Å². The average Bonchev–Trinajstić information content (AvgIpc) is 3.04. The Bertz CT molecular complexity index is 622. The minimum atomic E-state index is -0.649. The van der Waals surface area contributed by atoms with Crippen molar-refractivity contribution in [1.82, 2.24) is 9.80 Å². The van der Waals surface area contributed by atoms with Gasteiger partial charge in [0.05, 0.1) is 11.4 Å². The van der Waals surface area contributed by atoms with Crippen LogP contribution in [-0.4, -0.2) is 52.4 Å². The molecule has 2 heterocycles. The van der Waals surface area contributed by atoms with Gasteiger partial charge >= 0.3 is 0 Å². The van der Waals surface area contributed by atoms with Crippen molar-refractivity contribution >= 4 is 35.2 Å². The molecule has 2 aliphatic rings. The number of nitrogens with zero attached hydrogens (tertiary/aromatic N) is 2. The van der Waals surface area contributed by atoms with Crippen LogP contribution in [0.2, 0.25) is 5.02 Å². The minimum absolute atomic E-state index is 0.0163. The number of hydrogen-bond acceptors (Lipinski definition) is 3. The van der Waals surface area contributed by atoms with Crippen molar-refractivity contribution < 1.29 is 14.0 Å². The summed E-state index contributed by atoms with van der Waals surface area (Å²) in [5.74, 6) is -0.137. The number of piperidine rings is 1. The Kier molecular flexibility index (Phi) is 5.11. The molecule has 2 amide bonds. The number of likely N-dealkylation sites (tertiary alicyclic amines) is 1. The Morgan fingerprint density at radius 2 is 1.96 bits per heavy atom. The van der Waals surface area contributed by atoms with E-state index in [1.165, 1.54) is 28.8 Å². The van der Waals surface area contributed by atoms with Gasteiger partial charge in [-0.3, -0.25) is 9.59 Å². The Morgan fingerprint density at radius 1 is 1.22 bits per heavy atom. The molecule has 0 radical (unpaired) electrons. The van der Waals surface area contributed by atoms with Gasteiger partial charge in [0.15, 0.2) is 0 Å². The Labute approximate surface area is 144 Å². The van der Waals surface area contributed by atoms with Crippen LogP contribution in [0, 0.1) is 5.82 Å². The predicted octanol–water partition coefficient (Wildman–Crippen LogP) is 3.01. The highest BCUT2D eigenvalue weighted by Gasteiger charge is 2.38. The molecule has 2 aliphatic heterocycles. The molecule has 1 atom stereocenters. The van der Waals surface area contributed by atoms with E-state index in [9.17, 15) is 14.0 Å². The lowest BCUT2D eigenvalue weighted by atomic mass is 10.1. The average molecular weight is 357 g/mol. The van der Waals surface area contributed by atoms with Crippen molar-refractivity contribution in [2.24, 2.45) is 0 Å². The zero-order chi connectivity index (χ0) is 16.4. The molecule has 4 nitrogen and oxygen atoms in total. The lowest BCUT2D eigenvalue weighted by Crippen LogP contribution is -2.50. The van der Waals surface area contributed by atoms with Crippen LogP contribution in [0.25, 0.3) is 0 Å². The lowest BCUT2D eigenvalue weighted by Gasteiger charge is -2.32. The number of halogens is 2. The fourth-order valence-corrected chi connectivity index (χ4v) is 4.29. The van der Waals surface area contributed by atoms with E-state index in [-0.39, 0.29) is 16.5 Å². The quantitative estimate of drug-likeness (QED) is 0.818. The number of carbonyl (C=O) groups excluding carboxylic acids is 2. The van der Waals surface area contributed by atoms with Crippen LogP contribution in [0.15, 0.2) is 18.2 Å². The summed E-state index contributed by atoms with van der Waals surface area (Å²) in [5.41, 5.74) is -0.0339. The zero-order valence-electron chi connectivity index (χ0n) is 12.6. The fraction of sp³-hybridized carbons (Fsp3) is 0.500. The van der Waals surface area contributed by atoms with Gasteiger partial charge in [0, 0.05) is 23.9 Å². The van der Waals surface area contributed by atoms with Crippen molar-refractivity contribution in [3.8, 4) is 0 Å². The van der Waals surface area contributed by atoms with E-state index >= 15 is 0 Å². The van der Waals surface area contributed by atoms with Gasteiger partial charge in [-0.05, 0) is 37.5 Å². The molecule has 0 bridgehead atoms. The van der Waals surface area contributed by atoms with Crippen LogP contribution in [0.4, 0.5) is 4.39 Å². The molecule has 0 aliphatic carbocycles. The molecule has 2 fully saturated rings. The van der Waals surface area contributed by atoms with Crippen LogP contribution >= 0.6 is 23.4 Å². The third kappa shape index (κ3) is 3.48. The summed E-state index contributed by atoms with van der Waals surface area (Å²) in [4.78, 5) is 28.6. The number of thioether (sulfide) groups is 1. The molecule has 0 N–H and O–H groups in total. The molecular weight excluding hydrogens is 339 g/mol. The summed E-state index contributed by atoms with van der Waals surface area (Å²) in [7, 11) is 0. The predicted molar refractivity (Wildman–Crippen MR) is 89.1 cm³/mol. The second kappa shape index (κ2) is 7.09. The summed E-state index contributed by atoms with van der Waals surface area (Å²) in [6.45, 7) is 1.49. The van der Waals surface area contributed by atoms with Crippen molar-refractivity contribution in [3.05, 3.63) is 34.6 Å². The molecule has 1 aromatic carbocycles. The van der Waals surface area contributed by atoms with Crippen molar-refractivity contribution in [1.29, 1.82) is 0 Å². The SMILES string of the molecule is O=C([C@H]1CSCN1C(=O)c1ccc(Cl)cc1F)N1CCCCC1. The topological polar surface area (TPSA) is 40.6 Å². The van der Waals surface area contributed by atoms with Crippen LogP contribution in [-0.2, 0) is 4.79 Å². The van der Waals surface area contributed by atoms with Crippen molar-refractivity contribution in [2.45, 2.75) is 25.3 Å². The van der Waals surface area contributed by atoms with Crippen LogP contribution < -0.4 is 0 Å². The Hall–Kier alpha value is -1.27. The second-order valence-corrected chi connectivity index (χ2v) is 7.24. The molecule has 124 valence electrons. The van der Waals surface area contributed by atoms with Crippen LogP contribution in [0.3, 0.4) is 0 Å². The first kappa shape index (κ1) is 16.6. The van der Waals surface area contributed by atoms with Gasteiger partial charge in [0.1, 0.15) is 11.9 Å². The lowest BCUT2D eigenvalue weighted by molar-refractivity contribution is -0.135. The molecule has 0 aromatic heterocycles.